The van der Waals surface area contributed by atoms with E-state index >= 15 is 0 Å². The van der Waals surface area contributed by atoms with Gasteiger partial charge in [0.25, 0.3) is 5.91 Å². The van der Waals surface area contributed by atoms with Gasteiger partial charge in [0, 0.05) is 17.4 Å². The van der Waals surface area contributed by atoms with Crippen LogP contribution in [0, 0.1) is 0 Å². The fourth-order valence-corrected chi connectivity index (χ4v) is 3.31. The van der Waals surface area contributed by atoms with Gasteiger partial charge in [-0.1, -0.05) is 54.6 Å². The number of amides is 2. The molecule has 32 heavy (non-hydrogen) atoms. The molecule has 3 rings (SSSR count). The minimum Gasteiger partial charge on any atom is -0.493 e. The van der Waals surface area contributed by atoms with Gasteiger partial charge in [-0.3, -0.25) is 4.79 Å². The molecular formula is C25H27N3O4. The average molecular weight is 434 g/mol. The molecule has 166 valence electrons. The number of nitrogens with zero attached hydrogens (tertiary/aromatic N) is 1. The summed E-state index contributed by atoms with van der Waals surface area (Å²) < 4.78 is 10.6. The molecule has 7 heteroatoms. The minimum absolute atomic E-state index is 0.217. The molecular weight excluding hydrogens is 406 g/mol. The summed E-state index contributed by atoms with van der Waals surface area (Å²) in [4.78, 5) is 24.7. The van der Waals surface area contributed by atoms with Crippen molar-refractivity contribution in [2.24, 2.45) is 5.10 Å². The van der Waals surface area contributed by atoms with Crippen LogP contribution >= 0.6 is 0 Å². The topological polar surface area (TPSA) is 89.0 Å². The Bertz CT molecular complexity index is 1080. The largest absolute Gasteiger partial charge is 0.493 e. The summed E-state index contributed by atoms with van der Waals surface area (Å²) in [5.41, 5.74) is 4.28. The Kier molecular flexibility index (Phi) is 8.20. The first-order valence-corrected chi connectivity index (χ1v) is 10.6. The van der Waals surface area contributed by atoms with Gasteiger partial charge in [-0.15, -0.1) is 0 Å². The first-order valence-electron chi connectivity index (χ1n) is 10.6. The number of ether oxygens (including phenoxy) is 2. The minimum atomic E-state index is -0.828. The number of alkyl carbamates (subject to hydrolysis) is 1. The molecule has 7 nitrogen and oxygen atoms in total. The number of nitrogens with one attached hydrogen (secondary N) is 2. The summed E-state index contributed by atoms with van der Waals surface area (Å²) in [7, 11) is 0. The predicted molar refractivity (Wildman–Crippen MR) is 125 cm³/mol. The molecule has 0 aliphatic carbocycles. The molecule has 3 aromatic carbocycles. The van der Waals surface area contributed by atoms with Gasteiger partial charge in [0.1, 0.15) is 11.8 Å². The lowest BCUT2D eigenvalue weighted by atomic mass is 10.0. The van der Waals surface area contributed by atoms with E-state index in [2.05, 4.69) is 15.8 Å². The first-order chi connectivity index (χ1) is 15.6. The van der Waals surface area contributed by atoms with E-state index in [1.54, 1.807) is 13.1 Å². The van der Waals surface area contributed by atoms with E-state index in [4.69, 9.17) is 9.47 Å². The van der Waals surface area contributed by atoms with Crippen molar-refractivity contribution in [3.63, 3.8) is 0 Å². The zero-order chi connectivity index (χ0) is 22.8. The number of rotatable bonds is 9. The van der Waals surface area contributed by atoms with Crippen molar-refractivity contribution in [1.82, 2.24) is 10.7 Å². The second-order valence-electron chi connectivity index (χ2n) is 6.97. The summed E-state index contributed by atoms with van der Waals surface area (Å²) in [5, 5.41) is 8.66. The Morgan fingerprint density at radius 1 is 0.938 bits per heavy atom. The summed E-state index contributed by atoms with van der Waals surface area (Å²) in [6, 6.07) is 20.2. The third-order valence-corrected chi connectivity index (χ3v) is 4.76. The van der Waals surface area contributed by atoms with E-state index in [1.807, 2.05) is 73.7 Å². The molecule has 0 aliphatic heterocycles. The Morgan fingerprint density at radius 3 is 2.38 bits per heavy atom. The van der Waals surface area contributed by atoms with E-state index in [1.165, 1.54) is 0 Å². The Balaban J connectivity index is 1.75. The zero-order valence-corrected chi connectivity index (χ0v) is 18.2. The summed E-state index contributed by atoms with van der Waals surface area (Å²) in [6.45, 7) is 4.44. The van der Waals surface area contributed by atoms with Crippen molar-refractivity contribution >= 4 is 29.0 Å². The maximum absolute atomic E-state index is 12.8. The first kappa shape index (κ1) is 22.8. The zero-order valence-electron chi connectivity index (χ0n) is 18.2. The van der Waals surface area contributed by atoms with E-state index in [0.717, 1.165) is 27.6 Å². The number of hydrogen-bond donors (Lipinski definition) is 2. The van der Waals surface area contributed by atoms with Crippen LogP contribution in [0.2, 0.25) is 0 Å². The molecule has 0 saturated carbocycles. The van der Waals surface area contributed by atoms with Gasteiger partial charge in [-0.2, -0.15) is 5.10 Å². The third-order valence-electron chi connectivity index (χ3n) is 4.76. The van der Waals surface area contributed by atoms with Crippen LogP contribution < -0.4 is 15.5 Å². The summed E-state index contributed by atoms with van der Waals surface area (Å²) in [5.74, 6) is 0.360. The van der Waals surface area contributed by atoms with Crippen LogP contribution in [0.5, 0.6) is 5.75 Å². The fraction of sp³-hybridized carbons (Fsp3) is 0.240. The van der Waals surface area contributed by atoms with Gasteiger partial charge in [-0.25, -0.2) is 10.2 Å². The lowest BCUT2D eigenvalue weighted by Gasteiger charge is -2.17. The molecule has 0 radical (unpaired) electrons. The molecule has 0 spiro atoms. The van der Waals surface area contributed by atoms with Crippen LogP contribution in [0.1, 0.15) is 25.0 Å². The number of carbonyl (C=O) groups is 2. The summed E-state index contributed by atoms with van der Waals surface area (Å²) >= 11 is 0. The quantitative estimate of drug-likeness (QED) is 0.394. The number of hydrogen-bond acceptors (Lipinski definition) is 5. The highest BCUT2D eigenvalue weighted by Crippen LogP contribution is 2.27. The Morgan fingerprint density at radius 2 is 1.66 bits per heavy atom. The molecule has 1 atom stereocenters. The Labute approximate surface area is 187 Å². The van der Waals surface area contributed by atoms with Gasteiger partial charge in [0.05, 0.1) is 19.4 Å². The molecule has 2 amide bonds. The van der Waals surface area contributed by atoms with Gasteiger partial charge < -0.3 is 14.8 Å². The normalized spacial score (nSPS) is 11.8. The van der Waals surface area contributed by atoms with Gasteiger partial charge in [0.2, 0.25) is 0 Å². The predicted octanol–water partition coefficient (Wildman–Crippen LogP) is 4.05. The van der Waals surface area contributed by atoms with Crippen LogP contribution in [0.4, 0.5) is 4.79 Å². The monoisotopic (exact) mass is 433 g/mol. The van der Waals surface area contributed by atoms with E-state index < -0.39 is 18.0 Å². The second-order valence-corrected chi connectivity index (χ2v) is 6.97. The summed E-state index contributed by atoms with van der Waals surface area (Å²) in [6.07, 6.45) is 1.25. The number of carbonyl (C=O) groups excluding carboxylic acids is 2. The molecule has 0 unspecified atom stereocenters. The highest BCUT2D eigenvalue weighted by molar-refractivity contribution is 6.02. The number of fused-ring (bicyclic) bond motifs is 1. The molecule has 0 saturated heterocycles. The van der Waals surface area contributed by atoms with Gasteiger partial charge >= 0.3 is 6.09 Å². The van der Waals surface area contributed by atoms with Crippen molar-refractivity contribution in [1.29, 1.82) is 0 Å². The van der Waals surface area contributed by atoms with E-state index in [9.17, 15) is 9.59 Å². The van der Waals surface area contributed by atoms with E-state index in [-0.39, 0.29) is 6.61 Å². The lowest BCUT2D eigenvalue weighted by Crippen LogP contribution is -2.47. The van der Waals surface area contributed by atoms with Gasteiger partial charge in [0.15, 0.2) is 0 Å². The van der Waals surface area contributed by atoms with Gasteiger partial charge in [-0.05, 0) is 36.9 Å². The Hall–Kier alpha value is -3.87. The molecule has 2 N–H and O–H groups in total. The highest BCUT2D eigenvalue weighted by atomic mass is 16.5. The average Bonchev–Trinajstić information content (AvgIpc) is 2.81. The maximum atomic E-state index is 12.8. The lowest BCUT2D eigenvalue weighted by molar-refractivity contribution is -0.123. The smallest absolute Gasteiger partial charge is 0.407 e. The van der Waals surface area contributed by atoms with Crippen molar-refractivity contribution in [2.45, 2.75) is 26.3 Å². The number of benzene rings is 3. The molecule has 3 aromatic rings. The molecule has 0 fully saturated rings. The third kappa shape index (κ3) is 6.07. The van der Waals surface area contributed by atoms with Crippen molar-refractivity contribution in [3.8, 4) is 5.75 Å². The van der Waals surface area contributed by atoms with Crippen molar-refractivity contribution in [2.75, 3.05) is 13.2 Å². The van der Waals surface area contributed by atoms with Crippen LogP contribution in [0.3, 0.4) is 0 Å². The van der Waals surface area contributed by atoms with Crippen LogP contribution in [-0.2, 0) is 16.0 Å². The molecule has 0 bridgehead atoms. The SMILES string of the molecule is CCOC(=O)N[C@H](Cc1ccccc1)C(=O)N/N=C\c1ccc(OCC)c2ccccc12. The van der Waals surface area contributed by atoms with Crippen molar-refractivity contribution < 1.29 is 19.1 Å². The molecule has 0 aliphatic rings. The standard InChI is InChI=1S/C25H27N3O4/c1-3-31-23-15-14-19(20-12-8-9-13-21(20)23)17-26-28-24(29)22(27-25(30)32-4-2)16-18-10-6-5-7-11-18/h5-15,17,22H,3-4,16H2,1-2H3,(H,27,30)(H,28,29)/b26-17-/t22-/m1/s1. The van der Waals surface area contributed by atoms with E-state index in [0.29, 0.717) is 13.0 Å². The highest BCUT2D eigenvalue weighted by Gasteiger charge is 2.21. The van der Waals surface area contributed by atoms with Crippen molar-refractivity contribution in [3.05, 3.63) is 77.9 Å². The maximum Gasteiger partial charge on any atom is 0.407 e. The number of hydrazone groups is 1. The molecule has 0 heterocycles. The molecule has 0 aromatic heterocycles. The van der Waals surface area contributed by atoms with Crippen LogP contribution in [0.25, 0.3) is 10.8 Å². The fourth-order valence-electron chi connectivity index (χ4n) is 3.31. The van der Waals surface area contributed by atoms with Crippen LogP contribution in [0.15, 0.2) is 71.8 Å². The second kappa shape index (κ2) is 11.5. The van der Waals surface area contributed by atoms with Crippen LogP contribution in [-0.4, -0.2) is 37.5 Å².